The predicted molar refractivity (Wildman–Crippen MR) is 76.6 cm³/mol. The minimum absolute atomic E-state index is 0.143. The van der Waals surface area contributed by atoms with Gasteiger partial charge in [-0.05, 0) is 13.3 Å². The second-order valence-electron chi connectivity index (χ2n) is 5.34. The van der Waals surface area contributed by atoms with Crippen molar-refractivity contribution < 1.29 is 31.5 Å². The number of halogens is 3. The Morgan fingerprint density at radius 2 is 2.13 bits per heavy atom. The Balaban J connectivity index is 2.11. The molecule has 1 aromatic heterocycles. The van der Waals surface area contributed by atoms with Gasteiger partial charge < -0.3 is 5.11 Å². The summed E-state index contributed by atoms with van der Waals surface area (Å²) in [5, 5.41) is 8.92. The molecule has 1 aliphatic heterocycles. The number of sulfonamides is 1. The van der Waals surface area contributed by atoms with Crippen LogP contribution in [0.4, 0.5) is 13.2 Å². The van der Waals surface area contributed by atoms with E-state index in [0.717, 1.165) is 4.88 Å². The third-order valence-corrected chi connectivity index (χ3v) is 6.65. The van der Waals surface area contributed by atoms with Crippen molar-refractivity contribution in [1.29, 1.82) is 0 Å². The summed E-state index contributed by atoms with van der Waals surface area (Å²) in [7, 11) is -3.96. The zero-order valence-electron chi connectivity index (χ0n) is 12.1. The first kappa shape index (κ1) is 18.1. The van der Waals surface area contributed by atoms with Crippen LogP contribution in [0.3, 0.4) is 0 Å². The first-order valence-electron chi connectivity index (χ1n) is 6.68. The van der Waals surface area contributed by atoms with Gasteiger partial charge in [0.05, 0.1) is 28.8 Å². The lowest BCUT2D eigenvalue weighted by Crippen LogP contribution is -2.34. The monoisotopic (exact) mass is 372 g/mol. The lowest BCUT2D eigenvalue weighted by Gasteiger charge is -2.18. The number of hydrogen-bond acceptors (Lipinski definition) is 5. The summed E-state index contributed by atoms with van der Waals surface area (Å²) in [6.07, 6.45) is -4.61. The number of carbonyl (C=O) groups is 1. The molecule has 23 heavy (non-hydrogen) atoms. The average Bonchev–Trinajstić information content (AvgIpc) is 3.02. The predicted octanol–water partition coefficient (Wildman–Crippen LogP) is 1.52. The highest BCUT2D eigenvalue weighted by Gasteiger charge is 2.54. The maximum Gasteiger partial charge on any atom is 0.393 e. The molecule has 1 saturated heterocycles. The molecule has 0 saturated carbocycles. The molecule has 6 nitrogen and oxygen atoms in total. The van der Waals surface area contributed by atoms with E-state index in [1.807, 2.05) is 0 Å². The minimum atomic E-state index is -4.75. The van der Waals surface area contributed by atoms with E-state index in [4.69, 9.17) is 5.11 Å². The third kappa shape index (κ3) is 4.01. The second kappa shape index (κ2) is 6.36. The molecular weight excluding hydrogens is 357 g/mol. The van der Waals surface area contributed by atoms with Gasteiger partial charge >= 0.3 is 12.1 Å². The molecule has 0 amide bonds. The van der Waals surface area contributed by atoms with Gasteiger partial charge in [0.1, 0.15) is 0 Å². The van der Waals surface area contributed by atoms with Crippen LogP contribution in [0.5, 0.6) is 0 Å². The van der Waals surface area contributed by atoms with Crippen molar-refractivity contribution in [2.75, 3.05) is 18.8 Å². The van der Waals surface area contributed by atoms with E-state index in [1.165, 1.54) is 11.3 Å². The third-order valence-electron chi connectivity index (χ3n) is 3.85. The standard InChI is InChI=1S/C12H15F3N2O4S2/c1-7-10(22-6-16-7)2-3-23(20,21)17-4-8(11(18)19)9(5-17)12(13,14)15/h6,8-9H,2-5H2,1H3,(H,18,19)/t8-,9-/m1/s1. The van der Waals surface area contributed by atoms with Gasteiger partial charge in [0, 0.05) is 18.0 Å². The van der Waals surface area contributed by atoms with Crippen molar-refractivity contribution in [1.82, 2.24) is 9.29 Å². The van der Waals surface area contributed by atoms with Crippen LogP contribution in [-0.4, -0.2) is 53.8 Å². The number of aromatic nitrogens is 1. The molecule has 2 heterocycles. The van der Waals surface area contributed by atoms with Gasteiger partial charge in [-0.3, -0.25) is 4.79 Å². The highest BCUT2D eigenvalue weighted by atomic mass is 32.2. The number of nitrogens with zero attached hydrogens (tertiary/aromatic N) is 2. The highest BCUT2D eigenvalue weighted by Crippen LogP contribution is 2.38. The Morgan fingerprint density at radius 1 is 1.48 bits per heavy atom. The van der Waals surface area contributed by atoms with Crippen LogP contribution in [-0.2, 0) is 21.2 Å². The van der Waals surface area contributed by atoms with Crippen molar-refractivity contribution in [2.24, 2.45) is 11.8 Å². The summed E-state index contributed by atoms with van der Waals surface area (Å²) in [5.74, 6) is -5.95. The second-order valence-corrected chi connectivity index (χ2v) is 8.36. The summed E-state index contributed by atoms with van der Waals surface area (Å²) >= 11 is 1.27. The number of hydrogen-bond donors (Lipinski definition) is 1. The fourth-order valence-corrected chi connectivity index (χ4v) is 4.90. The zero-order valence-corrected chi connectivity index (χ0v) is 13.7. The number of aliphatic carboxylic acids is 1. The Kier molecular flexibility index (Phi) is 5.02. The van der Waals surface area contributed by atoms with Crippen molar-refractivity contribution in [3.05, 3.63) is 16.1 Å². The molecule has 2 rings (SSSR count). The van der Waals surface area contributed by atoms with Crippen LogP contribution in [0.2, 0.25) is 0 Å². The van der Waals surface area contributed by atoms with Crippen LogP contribution in [0.15, 0.2) is 5.51 Å². The fraction of sp³-hybridized carbons (Fsp3) is 0.667. The number of aryl methyl sites for hydroxylation is 2. The molecule has 1 N–H and O–H groups in total. The summed E-state index contributed by atoms with van der Waals surface area (Å²) in [6, 6.07) is 0. The Bertz CT molecular complexity index is 687. The van der Waals surface area contributed by atoms with E-state index >= 15 is 0 Å². The van der Waals surface area contributed by atoms with Gasteiger partial charge in [-0.25, -0.2) is 17.7 Å². The Morgan fingerprint density at radius 3 is 2.57 bits per heavy atom. The molecule has 11 heteroatoms. The van der Waals surface area contributed by atoms with E-state index in [2.05, 4.69) is 4.98 Å². The minimum Gasteiger partial charge on any atom is -0.481 e. The Hall–Kier alpha value is -1.20. The lowest BCUT2D eigenvalue weighted by atomic mass is 9.96. The van der Waals surface area contributed by atoms with Crippen molar-refractivity contribution in [3.8, 4) is 0 Å². The average molecular weight is 372 g/mol. The molecule has 0 spiro atoms. The zero-order chi connectivity index (χ0) is 17.4. The van der Waals surface area contributed by atoms with Crippen molar-refractivity contribution in [3.63, 3.8) is 0 Å². The number of rotatable bonds is 5. The maximum absolute atomic E-state index is 12.9. The van der Waals surface area contributed by atoms with Crippen molar-refractivity contribution >= 4 is 27.3 Å². The summed E-state index contributed by atoms with van der Waals surface area (Å²) in [6.45, 7) is 0.225. The first-order chi connectivity index (χ1) is 10.5. The van der Waals surface area contributed by atoms with Gasteiger partial charge in [-0.1, -0.05) is 0 Å². The molecule has 1 aromatic rings. The van der Waals surface area contributed by atoms with E-state index in [9.17, 15) is 26.4 Å². The molecule has 1 aliphatic rings. The van der Waals surface area contributed by atoms with Crippen LogP contribution >= 0.6 is 11.3 Å². The summed E-state index contributed by atoms with van der Waals surface area (Å²) < 4.78 is 63.8. The summed E-state index contributed by atoms with van der Waals surface area (Å²) in [4.78, 5) is 15.7. The number of carboxylic acid groups (broad SMARTS) is 1. The Labute approximate surface area is 135 Å². The van der Waals surface area contributed by atoms with Gasteiger partial charge in [-0.2, -0.15) is 13.2 Å². The first-order valence-corrected chi connectivity index (χ1v) is 9.17. The largest absolute Gasteiger partial charge is 0.481 e. The van der Waals surface area contributed by atoms with E-state index in [0.29, 0.717) is 10.00 Å². The number of carboxylic acids is 1. The van der Waals surface area contributed by atoms with Crippen LogP contribution in [0.25, 0.3) is 0 Å². The normalized spacial score (nSPS) is 23.3. The SMILES string of the molecule is Cc1ncsc1CCS(=O)(=O)N1C[C@@H](C(F)(F)F)[C@H](C(=O)O)C1. The molecule has 0 unspecified atom stereocenters. The van der Waals surface area contributed by atoms with Gasteiger partial charge in [0.25, 0.3) is 0 Å². The fourth-order valence-electron chi connectivity index (χ4n) is 2.49. The van der Waals surface area contributed by atoms with E-state index in [1.54, 1.807) is 12.4 Å². The number of alkyl halides is 3. The quantitative estimate of drug-likeness (QED) is 0.847. The lowest BCUT2D eigenvalue weighted by molar-refractivity contribution is -0.187. The highest BCUT2D eigenvalue weighted by molar-refractivity contribution is 7.89. The summed E-state index contributed by atoms with van der Waals surface area (Å²) in [5.41, 5.74) is 2.25. The number of thiazole rings is 1. The van der Waals surface area contributed by atoms with Crippen LogP contribution in [0.1, 0.15) is 10.6 Å². The van der Waals surface area contributed by atoms with E-state index < -0.39 is 47.1 Å². The van der Waals surface area contributed by atoms with Gasteiger partial charge in [0.2, 0.25) is 10.0 Å². The van der Waals surface area contributed by atoms with Gasteiger partial charge in [-0.15, -0.1) is 11.3 Å². The molecule has 1 fully saturated rings. The maximum atomic E-state index is 12.9. The molecule has 2 atom stereocenters. The molecule has 130 valence electrons. The van der Waals surface area contributed by atoms with Gasteiger partial charge in [0.15, 0.2) is 0 Å². The van der Waals surface area contributed by atoms with E-state index in [-0.39, 0.29) is 12.2 Å². The smallest absolute Gasteiger partial charge is 0.393 e. The van der Waals surface area contributed by atoms with Crippen LogP contribution < -0.4 is 0 Å². The van der Waals surface area contributed by atoms with Crippen LogP contribution in [0, 0.1) is 18.8 Å². The molecular formula is C12H15F3N2O4S2. The molecule has 0 bridgehead atoms. The topological polar surface area (TPSA) is 87.6 Å². The molecule has 0 aromatic carbocycles. The molecule has 0 aliphatic carbocycles. The van der Waals surface area contributed by atoms with Crippen molar-refractivity contribution in [2.45, 2.75) is 19.5 Å². The molecule has 0 radical (unpaired) electrons.